The van der Waals surface area contributed by atoms with Gasteiger partial charge in [-0.15, -0.1) is 0 Å². The largest absolute Gasteiger partial charge is 0.366 e. The fraction of sp³-hybridized carbons (Fsp3) is 0.333. The van der Waals surface area contributed by atoms with Gasteiger partial charge in [-0.05, 0) is 49.2 Å². The second-order valence-corrected chi connectivity index (χ2v) is 6.94. The van der Waals surface area contributed by atoms with Gasteiger partial charge in [-0.2, -0.15) is 0 Å². The third-order valence-electron chi connectivity index (χ3n) is 4.97. The Labute approximate surface area is 154 Å². The van der Waals surface area contributed by atoms with Gasteiger partial charge in [0, 0.05) is 43.9 Å². The summed E-state index contributed by atoms with van der Waals surface area (Å²) in [6.07, 6.45) is 0. The van der Waals surface area contributed by atoms with Gasteiger partial charge in [-0.25, -0.2) is 0 Å². The molecule has 0 radical (unpaired) electrons. The highest BCUT2D eigenvalue weighted by atomic mass is 16.2. The number of carbonyl (C=O) groups is 2. The first-order valence-corrected chi connectivity index (χ1v) is 8.91. The molecular formula is C21H25N3O2. The second kappa shape index (κ2) is 7.70. The molecule has 1 aliphatic heterocycles. The predicted molar refractivity (Wildman–Crippen MR) is 102 cm³/mol. The van der Waals surface area contributed by atoms with Gasteiger partial charge in [0.05, 0.1) is 0 Å². The van der Waals surface area contributed by atoms with Gasteiger partial charge in [-0.1, -0.05) is 23.8 Å². The molecule has 3 rings (SSSR count). The monoisotopic (exact) mass is 351 g/mol. The smallest absolute Gasteiger partial charge is 0.253 e. The van der Waals surface area contributed by atoms with E-state index in [2.05, 4.69) is 36.9 Å². The number of aryl methyl sites for hydroxylation is 2. The molecule has 1 saturated heterocycles. The minimum atomic E-state index is -0.482. The van der Waals surface area contributed by atoms with E-state index < -0.39 is 5.91 Å². The van der Waals surface area contributed by atoms with E-state index in [0.29, 0.717) is 24.2 Å². The maximum atomic E-state index is 12.6. The van der Waals surface area contributed by atoms with E-state index in [4.69, 9.17) is 5.73 Å². The van der Waals surface area contributed by atoms with Crippen molar-refractivity contribution in [2.45, 2.75) is 20.4 Å². The SMILES string of the molecule is Cc1ccc(C)c(CN2CCN(C(=O)c3ccc(C(N)=O)cc3)CC2)c1. The lowest BCUT2D eigenvalue weighted by Crippen LogP contribution is -2.48. The molecule has 1 heterocycles. The van der Waals surface area contributed by atoms with Crippen molar-refractivity contribution in [3.8, 4) is 0 Å². The molecule has 5 heteroatoms. The maximum absolute atomic E-state index is 12.6. The molecule has 1 fully saturated rings. The molecule has 0 atom stereocenters. The molecule has 2 amide bonds. The number of nitrogens with zero attached hydrogens (tertiary/aromatic N) is 2. The van der Waals surface area contributed by atoms with Crippen LogP contribution in [0.15, 0.2) is 42.5 Å². The van der Waals surface area contributed by atoms with Crippen molar-refractivity contribution >= 4 is 11.8 Å². The Balaban J connectivity index is 1.58. The molecule has 0 bridgehead atoms. The molecule has 2 aromatic carbocycles. The molecule has 0 aliphatic carbocycles. The first-order chi connectivity index (χ1) is 12.4. The van der Waals surface area contributed by atoms with Gasteiger partial charge in [0.1, 0.15) is 0 Å². The summed E-state index contributed by atoms with van der Waals surface area (Å²) in [4.78, 5) is 28.0. The highest BCUT2D eigenvalue weighted by Gasteiger charge is 2.22. The molecule has 5 nitrogen and oxygen atoms in total. The molecular weight excluding hydrogens is 326 g/mol. The zero-order valence-corrected chi connectivity index (χ0v) is 15.4. The van der Waals surface area contributed by atoms with E-state index in [0.717, 1.165) is 19.6 Å². The number of primary amides is 1. The van der Waals surface area contributed by atoms with E-state index in [1.807, 2.05) is 4.90 Å². The molecule has 1 aliphatic rings. The van der Waals surface area contributed by atoms with Crippen LogP contribution in [0.25, 0.3) is 0 Å². The molecule has 136 valence electrons. The van der Waals surface area contributed by atoms with E-state index in [1.165, 1.54) is 16.7 Å². The Hall–Kier alpha value is -2.66. The summed E-state index contributed by atoms with van der Waals surface area (Å²) in [5.41, 5.74) is 10.2. The number of hydrogen-bond donors (Lipinski definition) is 1. The number of rotatable bonds is 4. The van der Waals surface area contributed by atoms with Gasteiger partial charge >= 0.3 is 0 Å². The Bertz CT molecular complexity index is 807. The van der Waals surface area contributed by atoms with Crippen LogP contribution >= 0.6 is 0 Å². The quantitative estimate of drug-likeness (QED) is 0.919. The normalized spacial score (nSPS) is 15.1. The van der Waals surface area contributed by atoms with Gasteiger partial charge in [0.2, 0.25) is 5.91 Å². The average Bonchev–Trinajstić information content (AvgIpc) is 2.65. The van der Waals surface area contributed by atoms with Crippen molar-refractivity contribution < 1.29 is 9.59 Å². The highest BCUT2D eigenvalue weighted by Crippen LogP contribution is 2.16. The van der Waals surface area contributed by atoms with Crippen LogP contribution in [0.5, 0.6) is 0 Å². The number of amides is 2. The highest BCUT2D eigenvalue weighted by molar-refractivity contribution is 5.97. The summed E-state index contributed by atoms with van der Waals surface area (Å²) in [7, 11) is 0. The van der Waals surface area contributed by atoms with Crippen LogP contribution in [-0.4, -0.2) is 47.8 Å². The van der Waals surface area contributed by atoms with Crippen molar-refractivity contribution in [1.82, 2.24) is 9.80 Å². The molecule has 2 N–H and O–H groups in total. The summed E-state index contributed by atoms with van der Waals surface area (Å²) >= 11 is 0. The summed E-state index contributed by atoms with van der Waals surface area (Å²) in [6, 6.07) is 13.1. The number of nitrogens with two attached hydrogens (primary N) is 1. The van der Waals surface area contributed by atoms with Crippen LogP contribution in [0.2, 0.25) is 0 Å². The first-order valence-electron chi connectivity index (χ1n) is 8.91. The van der Waals surface area contributed by atoms with E-state index in [1.54, 1.807) is 24.3 Å². The molecule has 0 aromatic heterocycles. The standard InChI is InChI=1S/C21H25N3O2/c1-15-3-4-16(2)19(13-15)14-23-9-11-24(12-10-23)21(26)18-7-5-17(6-8-18)20(22)25/h3-8,13H,9-12,14H2,1-2H3,(H2,22,25). The van der Waals surface area contributed by atoms with Gasteiger partial charge in [-0.3, -0.25) is 14.5 Å². The van der Waals surface area contributed by atoms with Crippen molar-refractivity contribution in [3.63, 3.8) is 0 Å². The molecule has 0 saturated carbocycles. The Morgan fingerprint density at radius 2 is 1.54 bits per heavy atom. The van der Waals surface area contributed by atoms with Gasteiger partial charge in [0.15, 0.2) is 0 Å². The molecule has 2 aromatic rings. The van der Waals surface area contributed by atoms with Gasteiger partial charge in [0.25, 0.3) is 5.91 Å². The lowest BCUT2D eigenvalue weighted by Gasteiger charge is -2.35. The summed E-state index contributed by atoms with van der Waals surface area (Å²) in [6.45, 7) is 8.32. The minimum absolute atomic E-state index is 0.00686. The average molecular weight is 351 g/mol. The topological polar surface area (TPSA) is 66.6 Å². The lowest BCUT2D eigenvalue weighted by atomic mass is 10.0. The predicted octanol–water partition coefficient (Wildman–Crippen LogP) is 2.36. The summed E-state index contributed by atoms with van der Waals surface area (Å²) in [5, 5.41) is 0. The third-order valence-corrected chi connectivity index (χ3v) is 4.97. The number of benzene rings is 2. The van der Waals surface area contributed by atoms with Crippen molar-refractivity contribution in [2.24, 2.45) is 5.73 Å². The summed E-state index contributed by atoms with van der Waals surface area (Å²) < 4.78 is 0. The zero-order valence-electron chi connectivity index (χ0n) is 15.4. The minimum Gasteiger partial charge on any atom is -0.366 e. The van der Waals surface area contributed by atoms with Crippen LogP contribution in [0.3, 0.4) is 0 Å². The third kappa shape index (κ3) is 4.11. The Kier molecular flexibility index (Phi) is 5.38. The number of carbonyl (C=O) groups excluding carboxylic acids is 2. The zero-order chi connectivity index (χ0) is 18.7. The van der Waals surface area contributed by atoms with Crippen LogP contribution in [0, 0.1) is 13.8 Å². The lowest BCUT2D eigenvalue weighted by molar-refractivity contribution is 0.0628. The van der Waals surface area contributed by atoms with Crippen molar-refractivity contribution in [1.29, 1.82) is 0 Å². The fourth-order valence-electron chi connectivity index (χ4n) is 3.28. The van der Waals surface area contributed by atoms with E-state index in [9.17, 15) is 9.59 Å². The molecule has 0 unspecified atom stereocenters. The molecule has 26 heavy (non-hydrogen) atoms. The van der Waals surface area contributed by atoms with Crippen LogP contribution in [0.4, 0.5) is 0 Å². The van der Waals surface area contributed by atoms with E-state index in [-0.39, 0.29) is 5.91 Å². The summed E-state index contributed by atoms with van der Waals surface area (Å²) in [5.74, 6) is -0.475. The second-order valence-electron chi connectivity index (χ2n) is 6.94. The van der Waals surface area contributed by atoms with Gasteiger partial charge < -0.3 is 10.6 Å². The van der Waals surface area contributed by atoms with Crippen LogP contribution < -0.4 is 5.73 Å². The first kappa shape index (κ1) is 18.1. The Morgan fingerprint density at radius 1 is 0.923 bits per heavy atom. The van der Waals surface area contributed by atoms with Crippen LogP contribution in [0.1, 0.15) is 37.4 Å². The van der Waals surface area contributed by atoms with Crippen LogP contribution in [-0.2, 0) is 6.54 Å². The van der Waals surface area contributed by atoms with E-state index >= 15 is 0 Å². The fourth-order valence-corrected chi connectivity index (χ4v) is 3.28. The Morgan fingerprint density at radius 3 is 2.15 bits per heavy atom. The number of piperazine rings is 1. The van der Waals surface area contributed by atoms with Crippen molar-refractivity contribution in [2.75, 3.05) is 26.2 Å². The number of hydrogen-bond acceptors (Lipinski definition) is 3. The van der Waals surface area contributed by atoms with Crippen molar-refractivity contribution in [3.05, 3.63) is 70.3 Å². The maximum Gasteiger partial charge on any atom is 0.253 e. The molecule has 0 spiro atoms.